The molecule has 2 N–H and O–H groups in total. The molecule has 0 aliphatic carbocycles. The van der Waals surface area contributed by atoms with Crippen LogP contribution in [-0.2, 0) is 9.53 Å². The monoisotopic (exact) mass is 201 g/mol. The van der Waals surface area contributed by atoms with Crippen molar-refractivity contribution in [2.24, 2.45) is 5.73 Å². The van der Waals surface area contributed by atoms with E-state index in [0.717, 1.165) is 25.7 Å². The molecule has 2 unspecified atom stereocenters. The maximum Gasteiger partial charge on any atom is 0.306 e. The lowest BCUT2D eigenvalue weighted by molar-refractivity contribution is -0.148. The Morgan fingerprint density at radius 3 is 2.50 bits per heavy atom. The Kier molecular flexibility index (Phi) is 7.48. The van der Waals surface area contributed by atoms with Gasteiger partial charge >= 0.3 is 5.97 Å². The molecule has 84 valence electrons. The molecule has 0 fully saturated rings. The van der Waals surface area contributed by atoms with Crippen molar-refractivity contribution in [3.05, 3.63) is 0 Å². The molecule has 0 radical (unpaired) electrons. The van der Waals surface area contributed by atoms with E-state index in [2.05, 4.69) is 6.92 Å². The zero-order chi connectivity index (χ0) is 11.0. The number of rotatable bonds is 7. The van der Waals surface area contributed by atoms with Crippen LogP contribution in [0.25, 0.3) is 0 Å². The molecule has 0 spiro atoms. The second-order valence-electron chi connectivity index (χ2n) is 3.96. The summed E-state index contributed by atoms with van der Waals surface area (Å²) in [4.78, 5) is 11.2. The zero-order valence-corrected chi connectivity index (χ0v) is 9.58. The summed E-state index contributed by atoms with van der Waals surface area (Å²) in [5.41, 5.74) is 5.58. The average molecular weight is 201 g/mol. The standard InChI is InChI=1S/C11H23NO2/c1-4-6-10(3)14-11(13)8-5-7-9(2)12/h9-10H,4-8,12H2,1-3H3. The van der Waals surface area contributed by atoms with Gasteiger partial charge in [-0.1, -0.05) is 13.3 Å². The minimum absolute atomic E-state index is 0.0581. The van der Waals surface area contributed by atoms with Crippen LogP contribution >= 0.6 is 0 Å². The topological polar surface area (TPSA) is 52.3 Å². The third-order valence-electron chi connectivity index (χ3n) is 2.07. The van der Waals surface area contributed by atoms with Gasteiger partial charge in [-0.15, -0.1) is 0 Å². The summed E-state index contributed by atoms with van der Waals surface area (Å²) < 4.78 is 5.19. The predicted octanol–water partition coefficient (Wildman–Crippen LogP) is 2.24. The van der Waals surface area contributed by atoms with Crippen molar-refractivity contribution in [2.45, 2.75) is 65.0 Å². The highest BCUT2D eigenvalue weighted by Gasteiger charge is 2.08. The maximum absolute atomic E-state index is 11.2. The van der Waals surface area contributed by atoms with Gasteiger partial charge in [0.15, 0.2) is 0 Å². The molecule has 2 atom stereocenters. The second kappa shape index (κ2) is 7.80. The summed E-state index contributed by atoms with van der Waals surface area (Å²) in [6, 6.07) is 0.177. The third kappa shape index (κ3) is 8.05. The number of carbonyl (C=O) groups excluding carboxylic acids is 1. The molecular formula is C11H23NO2. The van der Waals surface area contributed by atoms with Crippen LogP contribution in [0.1, 0.15) is 52.9 Å². The van der Waals surface area contributed by atoms with Crippen molar-refractivity contribution in [1.82, 2.24) is 0 Å². The van der Waals surface area contributed by atoms with Crippen molar-refractivity contribution in [3.63, 3.8) is 0 Å². The summed E-state index contributed by atoms with van der Waals surface area (Å²) in [5.74, 6) is -0.0911. The molecule has 0 aromatic heterocycles. The first-order valence-electron chi connectivity index (χ1n) is 5.51. The Morgan fingerprint density at radius 2 is 2.00 bits per heavy atom. The van der Waals surface area contributed by atoms with Gasteiger partial charge in [0.05, 0.1) is 6.10 Å². The van der Waals surface area contributed by atoms with Crippen LogP contribution in [0.15, 0.2) is 0 Å². The first-order valence-corrected chi connectivity index (χ1v) is 5.51. The van der Waals surface area contributed by atoms with Crippen LogP contribution < -0.4 is 5.73 Å². The SMILES string of the molecule is CCCC(C)OC(=O)CCCC(C)N. The van der Waals surface area contributed by atoms with Gasteiger partial charge in [0.25, 0.3) is 0 Å². The second-order valence-corrected chi connectivity index (χ2v) is 3.96. The van der Waals surface area contributed by atoms with Crippen molar-refractivity contribution in [2.75, 3.05) is 0 Å². The average Bonchev–Trinajstić information content (AvgIpc) is 2.03. The molecule has 0 saturated carbocycles. The quantitative estimate of drug-likeness (QED) is 0.643. The van der Waals surface area contributed by atoms with Crippen LogP contribution in [0.5, 0.6) is 0 Å². The van der Waals surface area contributed by atoms with E-state index in [1.807, 2.05) is 13.8 Å². The van der Waals surface area contributed by atoms with E-state index >= 15 is 0 Å². The molecular weight excluding hydrogens is 178 g/mol. The Morgan fingerprint density at radius 1 is 1.36 bits per heavy atom. The van der Waals surface area contributed by atoms with Gasteiger partial charge in [0, 0.05) is 12.5 Å². The highest BCUT2D eigenvalue weighted by atomic mass is 16.5. The molecule has 3 nitrogen and oxygen atoms in total. The summed E-state index contributed by atoms with van der Waals surface area (Å²) in [5, 5.41) is 0. The van der Waals surface area contributed by atoms with Crippen LogP contribution in [0.2, 0.25) is 0 Å². The lowest BCUT2D eigenvalue weighted by Gasteiger charge is -2.12. The van der Waals surface area contributed by atoms with E-state index in [4.69, 9.17) is 10.5 Å². The maximum atomic E-state index is 11.2. The molecule has 0 aromatic rings. The van der Waals surface area contributed by atoms with E-state index in [9.17, 15) is 4.79 Å². The minimum Gasteiger partial charge on any atom is -0.463 e. The summed E-state index contributed by atoms with van der Waals surface area (Å²) in [7, 11) is 0. The number of hydrogen-bond acceptors (Lipinski definition) is 3. The van der Waals surface area contributed by atoms with Crippen LogP contribution in [-0.4, -0.2) is 18.1 Å². The fourth-order valence-electron chi connectivity index (χ4n) is 1.32. The first kappa shape index (κ1) is 13.4. The van der Waals surface area contributed by atoms with Gasteiger partial charge in [-0.05, 0) is 33.1 Å². The highest BCUT2D eigenvalue weighted by Crippen LogP contribution is 2.05. The number of esters is 1. The third-order valence-corrected chi connectivity index (χ3v) is 2.07. The Balaban J connectivity index is 3.45. The van der Waals surface area contributed by atoms with Crippen molar-refractivity contribution in [1.29, 1.82) is 0 Å². The number of hydrogen-bond donors (Lipinski definition) is 1. The van der Waals surface area contributed by atoms with E-state index < -0.39 is 0 Å². The summed E-state index contributed by atoms with van der Waals surface area (Å²) >= 11 is 0. The molecule has 3 heteroatoms. The van der Waals surface area contributed by atoms with Gasteiger partial charge in [-0.3, -0.25) is 4.79 Å². The van der Waals surface area contributed by atoms with E-state index in [-0.39, 0.29) is 18.1 Å². The molecule has 0 aliphatic heterocycles. The molecule has 0 aromatic carbocycles. The van der Waals surface area contributed by atoms with E-state index in [1.54, 1.807) is 0 Å². The largest absolute Gasteiger partial charge is 0.463 e. The smallest absolute Gasteiger partial charge is 0.306 e. The lowest BCUT2D eigenvalue weighted by atomic mass is 10.1. The van der Waals surface area contributed by atoms with Crippen LogP contribution in [0.3, 0.4) is 0 Å². The van der Waals surface area contributed by atoms with Crippen molar-refractivity contribution in [3.8, 4) is 0 Å². The van der Waals surface area contributed by atoms with Crippen LogP contribution in [0.4, 0.5) is 0 Å². The van der Waals surface area contributed by atoms with Crippen molar-refractivity contribution < 1.29 is 9.53 Å². The zero-order valence-electron chi connectivity index (χ0n) is 9.58. The Hall–Kier alpha value is -0.570. The first-order chi connectivity index (χ1) is 6.56. The highest BCUT2D eigenvalue weighted by molar-refractivity contribution is 5.69. The Bertz CT molecular complexity index is 157. The fourth-order valence-corrected chi connectivity index (χ4v) is 1.32. The molecule has 0 amide bonds. The molecule has 0 bridgehead atoms. The minimum atomic E-state index is -0.0911. The molecule has 0 saturated heterocycles. The molecule has 0 rings (SSSR count). The van der Waals surface area contributed by atoms with Crippen LogP contribution in [0, 0.1) is 0 Å². The van der Waals surface area contributed by atoms with Crippen molar-refractivity contribution >= 4 is 5.97 Å². The normalized spacial score (nSPS) is 14.9. The van der Waals surface area contributed by atoms with Gasteiger partial charge in [0.1, 0.15) is 0 Å². The van der Waals surface area contributed by atoms with Gasteiger partial charge in [-0.25, -0.2) is 0 Å². The van der Waals surface area contributed by atoms with E-state index in [0.29, 0.717) is 6.42 Å². The molecule has 14 heavy (non-hydrogen) atoms. The van der Waals surface area contributed by atoms with E-state index in [1.165, 1.54) is 0 Å². The lowest BCUT2D eigenvalue weighted by Crippen LogP contribution is -2.17. The summed E-state index contributed by atoms with van der Waals surface area (Å²) in [6.07, 6.45) is 4.26. The van der Waals surface area contributed by atoms with Gasteiger partial charge in [0.2, 0.25) is 0 Å². The molecule has 0 aliphatic rings. The molecule has 0 heterocycles. The number of nitrogens with two attached hydrogens (primary N) is 1. The fraction of sp³-hybridized carbons (Fsp3) is 0.909. The van der Waals surface area contributed by atoms with Gasteiger partial charge < -0.3 is 10.5 Å². The number of ether oxygens (including phenoxy) is 1. The number of carbonyl (C=O) groups is 1. The Labute approximate surface area is 87.0 Å². The summed E-state index contributed by atoms with van der Waals surface area (Å²) in [6.45, 7) is 5.97. The van der Waals surface area contributed by atoms with Gasteiger partial charge in [-0.2, -0.15) is 0 Å². The predicted molar refractivity (Wildman–Crippen MR) is 58.0 cm³/mol.